The molecule has 1 heterocycles. The Bertz CT molecular complexity index is 480. The Morgan fingerprint density at radius 2 is 2.00 bits per heavy atom. The fourth-order valence-electron chi connectivity index (χ4n) is 2.63. The lowest BCUT2D eigenvalue weighted by molar-refractivity contribution is 0.0754. The van der Waals surface area contributed by atoms with E-state index >= 15 is 0 Å². The van der Waals surface area contributed by atoms with E-state index in [9.17, 15) is 9.90 Å². The molecule has 0 saturated carbocycles. The Morgan fingerprint density at radius 3 is 2.74 bits per heavy atom. The van der Waals surface area contributed by atoms with Crippen molar-refractivity contribution in [2.24, 2.45) is 5.41 Å². The largest absolute Gasteiger partial charge is 0.507 e. The summed E-state index contributed by atoms with van der Waals surface area (Å²) in [6, 6.07) is 5.35. The van der Waals surface area contributed by atoms with Crippen LogP contribution in [-0.4, -0.2) is 29.0 Å². The fraction of sp³-hybridized carbons (Fsp3) is 0.562. The number of rotatable bonds is 1. The monoisotopic (exact) mass is 261 g/mol. The van der Waals surface area contributed by atoms with Crippen molar-refractivity contribution in [1.29, 1.82) is 0 Å². The minimum absolute atomic E-state index is 0.0427. The molecule has 1 aliphatic rings. The molecular formula is C16H23NO2. The number of carbonyl (C=O) groups is 1. The van der Waals surface area contributed by atoms with Gasteiger partial charge < -0.3 is 10.0 Å². The number of para-hydroxylation sites is 1. The zero-order chi connectivity index (χ0) is 14.0. The summed E-state index contributed by atoms with van der Waals surface area (Å²) in [5.74, 6) is 0.0786. The summed E-state index contributed by atoms with van der Waals surface area (Å²) in [6.07, 6.45) is 3.20. The molecule has 1 aromatic rings. The Hall–Kier alpha value is -1.51. The second kappa shape index (κ2) is 5.24. The van der Waals surface area contributed by atoms with E-state index in [0.717, 1.165) is 37.9 Å². The van der Waals surface area contributed by atoms with E-state index in [1.54, 1.807) is 6.07 Å². The molecule has 0 atom stereocenters. The first kappa shape index (κ1) is 13.9. The third kappa shape index (κ3) is 3.09. The summed E-state index contributed by atoms with van der Waals surface area (Å²) in [5.41, 5.74) is 1.49. The number of phenolic OH excluding ortho intramolecular Hbond substituents is 1. The maximum atomic E-state index is 12.5. The predicted molar refractivity (Wildman–Crippen MR) is 76.4 cm³/mol. The predicted octanol–water partition coefficient (Wildman–Crippen LogP) is 3.35. The molecule has 3 heteroatoms. The van der Waals surface area contributed by atoms with Gasteiger partial charge in [-0.25, -0.2) is 0 Å². The van der Waals surface area contributed by atoms with Gasteiger partial charge in [-0.15, -0.1) is 0 Å². The van der Waals surface area contributed by atoms with Gasteiger partial charge in [0.25, 0.3) is 5.91 Å². The number of aromatic hydroxyl groups is 1. The molecule has 1 aliphatic heterocycles. The molecule has 1 N–H and O–H groups in total. The van der Waals surface area contributed by atoms with E-state index in [1.807, 2.05) is 24.0 Å². The summed E-state index contributed by atoms with van der Waals surface area (Å²) in [6.45, 7) is 7.89. The summed E-state index contributed by atoms with van der Waals surface area (Å²) >= 11 is 0. The summed E-state index contributed by atoms with van der Waals surface area (Å²) in [5, 5.41) is 10.0. The molecule has 1 saturated heterocycles. The van der Waals surface area contributed by atoms with Crippen molar-refractivity contribution >= 4 is 5.91 Å². The minimum atomic E-state index is -0.0427. The van der Waals surface area contributed by atoms with E-state index < -0.39 is 0 Å². The van der Waals surface area contributed by atoms with Crippen LogP contribution < -0.4 is 0 Å². The first-order chi connectivity index (χ1) is 8.91. The Balaban J connectivity index is 2.18. The lowest BCUT2D eigenvalue weighted by Crippen LogP contribution is -2.32. The Kier molecular flexibility index (Phi) is 3.83. The summed E-state index contributed by atoms with van der Waals surface area (Å²) in [7, 11) is 0. The highest BCUT2D eigenvalue weighted by atomic mass is 16.3. The lowest BCUT2D eigenvalue weighted by Gasteiger charge is -2.23. The van der Waals surface area contributed by atoms with Crippen LogP contribution in [0.4, 0.5) is 0 Å². The second-order valence-electron chi connectivity index (χ2n) is 6.28. The Morgan fingerprint density at radius 1 is 1.26 bits per heavy atom. The van der Waals surface area contributed by atoms with Crippen molar-refractivity contribution in [3.05, 3.63) is 29.3 Å². The van der Waals surface area contributed by atoms with Gasteiger partial charge in [-0.1, -0.05) is 26.0 Å². The van der Waals surface area contributed by atoms with Crippen molar-refractivity contribution in [2.75, 3.05) is 13.1 Å². The van der Waals surface area contributed by atoms with Crippen LogP contribution in [0.15, 0.2) is 18.2 Å². The number of carbonyl (C=O) groups excluding carboxylic acids is 1. The van der Waals surface area contributed by atoms with Crippen LogP contribution in [-0.2, 0) is 0 Å². The van der Waals surface area contributed by atoms with Gasteiger partial charge in [0.05, 0.1) is 5.56 Å². The molecule has 2 rings (SSSR count). The number of benzene rings is 1. The van der Waals surface area contributed by atoms with Crippen LogP contribution in [0.5, 0.6) is 5.75 Å². The van der Waals surface area contributed by atoms with E-state index in [2.05, 4.69) is 13.8 Å². The van der Waals surface area contributed by atoms with Gasteiger partial charge >= 0.3 is 0 Å². The third-order valence-electron chi connectivity index (χ3n) is 4.10. The quantitative estimate of drug-likeness (QED) is 0.842. The van der Waals surface area contributed by atoms with E-state index in [1.165, 1.54) is 0 Å². The number of hydrogen-bond donors (Lipinski definition) is 1. The lowest BCUT2D eigenvalue weighted by atomic mass is 9.85. The highest BCUT2D eigenvalue weighted by Gasteiger charge is 2.27. The number of aryl methyl sites for hydroxylation is 1. The first-order valence-corrected chi connectivity index (χ1v) is 6.98. The van der Waals surface area contributed by atoms with Crippen molar-refractivity contribution in [1.82, 2.24) is 4.90 Å². The van der Waals surface area contributed by atoms with Crippen LogP contribution in [0.1, 0.15) is 49.0 Å². The number of phenols is 1. The smallest absolute Gasteiger partial charge is 0.257 e. The topological polar surface area (TPSA) is 40.5 Å². The summed E-state index contributed by atoms with van der Waals surface area (Å²) < 4.78 is 0. The standard InChI is InChI=1S/C16H23NO2/c1-12-6-4-7-13(14(12)18)15(19)17-10-5-8-16(2,3)9-11-17/h4,6-7,18H,5,8-11H2,1-3H3. The molecule has 19 heavy (non-hydrogen) atoms. The fourth-order valence-corrected chi connectivity index (χ4v) is 2.63. The molecule has 0 aromatic heterocycles. The number of hydrogen-bond acceptors (Lipinski definition) is 2. The zero-order valence-electron chi connectivity index (χ0n) is 12.1. The van der Waals surface area contributed by atoms with Gasteiger partial charge in [0, 0.05) is 13.1 Å². The molecule has 3 nitrogen and oxygen atoms in total. The maximum Gasteiger partial charge on any atom is 0.257 e. The molecule has 0 bridgehead atoms. The zero-order valence-corrected chi connectivity index (χ0v) is 12.1. The molecule has 0 aliphatic carbocycles. The normalized spacial score (nSPS) is 19.0. The molecule has 0 spiro atoms. The van der Waals surface area contributed by atoms with Gasteiger partial charge in [-0.2, -0.15) is 0 Å². The molecule has 1 fully saturated rings. The number of amides is 1. The molecular weight excluding hydrogens is 238 g/mol. The highest BCUT2D eigenvalue weighted by Crippen LogP contribution is 2.31. The SMILES string of the molecule is Cc1cccc(C(=O)N2CCCC(C)(C)CC2)c1O. The first-order valence-electron chi connectivity index (χ1n) is 6.98. The van der Waals surface area contributed by atoms with Crippen molar-refractivity contribution in [3.8, 4) is 5.75 Å². The van der Waals surface area contributed by atoms with Gasteiger partial charge in [0.1, 0.15) is 5.75 Å². The molecule has 1 aromatic carbocycles. The molecule has 1 amide bonds. The van der Waals surface area contributed by atoms with E-state index in [4.69, 9.17) is 0 Å². The van der Waals surface area contributed by atoms with Gasteiger partial charge in [0.15, 0.2) is 0 Å². The van der Waals surface area contributed by atoms with Crippen LogP contribution in [0.25, 0.3) is 0 Å². The second-order valence-corrected chi connectivity index (χ2v) is 6.28. The van der Waals surface area contributed by atoms with Crippen LogP contribution in [0.3, 0.4) is 0 Å². The van der Waals surface area contributed by atoms with E-state index in [-0.39, 0.29) is 11.7 Å². The van der Waals surface area contributed by atoms with Gasteiger partial charge in [-0.3, -0.25) is 4.79 Å². The van der Waals surface area contributed by atoms with E-state index in [0.29, 0.717) is 11.0 Å². The van der Waals surface area contributed by atoms with Crippen LogP contribution >= 0.6 is 0 Å². The van der Waals surface area contributed by atoms with Gasteiger partial charge in [0.2, 0.25) is 0 Å². The number of nitrogens with zero attached hydrogens (tertiary/aromatic N) is 1. The summed E-state index contributed by atoms with van der Waals surface area (Å²) in [4.78, 5) is 14.4. The minimum Gasteiger partial charge on any atom is -0.507 e. The van der Waals surface area contributed by atoms with Crippen LogP contribution in [0, 0.1) is 12.3 Å². The third-order valence-corrected chi connectivity index (χ3v) is 4.10. The van der Waals surface area contributed by atoms with Gasteiger partial charge in [-0.05, 0) is 43.2 Å². The van der Waals surface area contributed by atoms with Crippen LogP contribution in [0.2, 0.25) is 0 Å². The average Bonchev–Trinajstić information content (AvgIpc) is 2.53. The maximum absolute atomic E-state index is 12.5. The molecule has 104 valence electrons. The molecule has 0 unspecified atom stereocenters. The Labute approximate surface area is 115 Å². The van der Waals surface area contributed by atoms with Crippen molar-refractivity contribution in [3.63, 3.8) is 0 Å². The van der Waals surface area contributed by atoms with Crippen molar-refractivity contribution < 1.29 is 9.90 Å². The molecule has 0 radical (unpaired) electrons. The number of likely N-dealkylation sites (tertiary alicyclic amines) is 1. The highest BCUT2D eigenvalue weighted by molar-refractivity contribution is 5.97. The van der Waals surface area contributed by atoms with Crippen molar-refractivity contribution in [2.45, 2.75) is 40.0 Å². The average molecular weight is 261 g/mol.